The minimum atomic E-state index is -3.35. The fourth-order valence-electron chi connectivity index (χ4n) is 8.47. The molecule has 7 heteroatoms. The highest BCUT2D eigenvalue weighted by Crippen LogP contribution is 2.78. The van der Waals surface area contributed by atoms with Crippen LogP contribution >= 0.6 is 0 Å². The molecule has 0 amide bonds. The van der Waals surface area contributed by atoms with E-state index in [9.17, 15) is 23.2 Å². The van der Waals surface area contributed by atoms with Gasteiger partial charge in [-0.1, -0.05) is 20.4 Å². The molecule has 0 aromatic rings. The molecule has 32 heavy (non-hydrogen) atoms. The standard InChI is InChI=1S/C25H29F3O4/c1-12-9-16-19-15(22(3)7-5-14(30)10-18(22)24(28)11-17(19)24)6-8-23(16,4)25(12,13(2)29)32-21(31)20(26)27/h10,15-17,19-20H,1,5-9,11H2,2-4H3/t15-,16-,17?,19+,22+,23-,24+,25-/m0/s1. The van der Waals surface area contributed by atoms with E-state index in [4.69, 9.17) is 4.74 Å². The molecular formula is C25H29F3O4. The second-order valence-corrected chi connectivity index (χ2v) is 11.1. The van der Waals surface area contributed by atoms with Gasteiger partial charge in [0.15, 0.2) is 17.2 Å². The molecule has 0 aromatic carbocycles. The van der Waals surface area contributed by atoms with Crippen LogP contribution < -0.4 is 0 Å². The molecule has 5 aliphatic rings. The van der Waals surface area contributed by atoms with Gasteiger partial charge in [0.25, 0.3) is 0 Å². The number of alkyl halides is 3. The maximum atomic E-state index is 16.1. The van der Waals surface area contributed by atoms with Crippen molar-refractivity contribution in [2.24, 2.45) is 34.5 Å². The number of ketones is 2. The molecule has 0 aliphatic heterocycles. The summed E-state index contributed by atoms with van der Waals surface area (Å²) in [5, 5.41) is 0. The third kappa shape index (κ3) is 2.38. The van der Waals surface area contributed by atoms with Crippen LogP contribution in [0.2, 0.25) is 0 Å². The zero-order chi connectivity index (χ0) is 23.4. The fourth-order valence-corrected chi connectivity index (χ4v) is 8.47. The maximum Gasteiger partial charge on any atom is 0.375 e. The van der Waals surface area contributed by atoms with Gasteiger partial charge in [-0.3, -0.25) is 9.59 Å². The predicted octanol–water partition coefficient (Wildman–Crippen LogP) is 4.77. The van der Waals surface area contributed by atoms with Crippen LogP contribution in [-0.4, -0.2) is 35.2 Å². The van der Waals surface area contributed by atoms with E-state index in [0.29, 0.717) is 49.7 Å². The lowest BCUT2D eigenvalue weighted by Crippen LogP contribution is -2.60. The van der Waals surface area contributed by atoms with Gasteiger partial charge < -0.3 is 4.74 Å². The van der Waals surface area contributed by atoms with Gasteiger partial charge in [-0.25, -0.2) is 9.18 Å². The van der Waals surface area contributed by atoms with Crippen molar-refractivity contribution in [3.05, 3.63) is 23.8 Å². The molecule has 0 N–H and O–H groups in total. The smallest absolute Gasteiger partial charge is 0.375 e. The Hall–Kier alpha value is -1.92. The second-order valence-electron chi connectivity index (χ2n) is 11.1. The van der Waals surface area contributed by atoms with Crippen LogP contribution in [0.5, 0.6) is 0 Å². The first-order valence-corrected chi connectivity index (χ1v) is 11.5. The van der Waals surface area contributed by atoms with Crippen molar-refractivity contribution in [1.29, 1.82) is 0 Å². The Bertz CT molecular complexity index is 988. The van der Waals surface area contributed by atoms with Gasteiger partial charge in [0.1, 0.15) is 5.67 Å². The summed E-state index contributed by atoms with van der Waals surface area (Å²) in [5.74, 6) is -2.69. The van der Waals surface area contributed by atoms with E-state index in [1.165, 1.54) is 13.0 Å². The fraction of sp³-hybridized carbons (Fsp3) is 0.720. The third-order valence-corrected chi connectivity index (χ3v) is 9.91. The zero-order valence-electron chi connectivity index (χ0n) is 18.7. The molecule has 0 radical (unpaired) electrons. The molecule has 174 valence electrons. The monoisotopic (exact) mass is 450 g/mol. The highest BCUT2D eigenvalue weighted by molar-refractivity contribution is 5.94. The summed E-state index contributed by atoms with van der Waals surface area (Å²) in [7, 11) is 0. The lowest BCUT2D eigenvalue weighted by atomic mass is 9.46. The van der Waals surface area contributed by atoms with Crippen molar-refractivity contribution in [2.45, 2.75) is 77.0 Å². The predicted molar refractivity (Wildman–Crippen MR) is 109 cm³/mol. The Labute approximate surface area is 185 Å². The van der Waals surface area contributed by atoms with Gasteiger partial charge in [0.05, 0.1) is 0 Å². The number of rotatable bonds is 3. The maximum absolute atomic E-state index is 16.1. The number of carbonyl (C=O) groups excluding carboxylic acids is 3. The number of halogens is 3. The second kappa shape index (κ2) is 6.35. The van der Waals surface area contributed by atoms with Crippen molar-refractivity contribution in [1.82, 2.24) is 0 Å². The minimum Gasteiger partial charge on any atom is -0.442 e. The molecule has 8 atom stereocenters. The van der Waals surface area contributed by atoms with E-state index >= 15 is 4.39 Å². The van der Waals surface area contributed by atoms with Crippen molar-refractivity contribution in [3.8, 4) is 0 Å². The molecule has 4 saturated carbocycles. The van der Waals surface area contributed by atoms with E-state index in [-0.39, 0.29) is 29.5 Å². The number of allylic oxidation sites excluding steroid dienone is 1. The van der Waals surface area contributed by atoms with Crippen molar-refractivity contribution < 1.29 is 32.3 Å². The molecule has 4 nitrogen and oxygen atoms in total. The number of carbonyl (C=O) groups is 3. The quantitative estimate of drug-likeness (QED) is 0.459. The van der Waals surface area contributed by atoms with Crippen LogP contribution in [0.15, 0.2) is 23.8 Å². The van der Waals surface area contributed by atoms with E-state index in [0.717, 1.165) is 0 Å². The highest BCUT2D eigenvalue weighted by Gasteiger charge is 2.78. The summed E-state index contributed by atoms with van der Waals surface area (Å²) < 4.78 is 47.7. The first kappa shape index (κ1) is 21.9. The molecule has 5 aliphatic carbocycles. The molecule has 4 fully saturated rings. The average molecular weight is 450 g/mol. The number of Topliss-reactive ketones (excluding diaryl/α,β-unsaturated/α-hetero) is 1. The van der Waals surface area contributed by atoms with Gasteiger partial charge >= 0.3 is 12.4 Å². The molecule has 5 rings (SSSR count). The van der Waals surface area contributed by atoms with Gasteiger partial charge in [-0.15, -0.1) is 0 Å². The zero-order valence-corrected chi connectivity index (χ0v) is 18.7. The summed E-state index contributed by atoms with van der Waals surface area (Å²) in [6, 6.07) is 0. The summed E-state index contributed by atoms with van der Waals surface area (Å²) in [5.41, 5.74) is -3.73. The van der Waals surface area contributed by atoms with Gasteiger partial charge in [0, 0.05) is 17.8 Å². The van der Waals surface area contributed by atoms with Crippen molar-refractivity contribution in [2.75, 3.05) is 0 Å². The Morgan fingerprint density at radius 1 is 1.19 bits per heavy atom. The number of hydrogen-bond acceptors (Lipinski definition) is 4. The van der Waals surface area contributed by atoms with E-state index in [2.05, 4.69) is 13.5 Å². The molecule has 0 saturated heterocycles. The first-order chi connectivity index (χ1) is 14.8. The van der Waals surface area contributed by atoms with E-state index < -0.39 is 40.3 Å². The third-order valence-electron chi connectivity index (χ3n) is 9.91. The normalized spacial score (nSPS) is 48.9. The molecule has 1 unspecified atom stereocenters. The number of fused-ring (bicyclic) bond motifs is 8. The van der Waals surface area contributed by atoms with Gasteiger partial charge in [-0.2, -0.15) is 8.78 Å². The Morgan fingerprint density at radius 2 is 1.88 bits per heavy atom. The van der Waals surface area contributed by atoms with Crippen molar-refractivity contribution >= 4 is 17.5 Å². The van der Waals surface area contributed by atoms with E-state index in [1.54, 1.807) is 0 Å². The first-order valence-electron chi connectivity index (χ1n) is 11.5. The largest absolute Gasteiger partial charge is 0.442 e. The van der Waals surface area contributed by atoms with Crippen LogP contribution in [-0.2, 0) is 19.1 Å². The number of hydrogen-bond donors (Lipinski definition) is 0. The Balaban J connectivity index is 1.60. The number of ether oxygens (including phenoxy) is 1. The SMILES string of the molecule is C=C1C[C@H]2[C@@H]3C4C[C@]4(F)C4=CC(=O)CC[C@]4(C)[C@H]3CC[C@]2(C)[C@@]1(OC(=O)C(F)F)C(C)=O. The molecule has 0 bridgehead atoms. The lowest BCUT2D eigenvalue weighted by molar-refractivity contribution is -0.193. The summed E-state index contributed by atoms with van der Waals surface area (Å²) in [4.78, 5) is 37.0. The summed E-state index contributed by atoms with van der Waals surface area (Å²) in [6.45, 7) is 9.16. The van der Waals surface area contributed by atoms with Gasteiger partial charge in [0.2, 0.25) is 0 Å². The minimum absolute atomic E-state index is 0.0250. The summed E-state index contributed by atoms with van der Waals surface area (Å²) in [6.07, 6.45) is 0.992. The topological polar surface area (TPSA) is 60.4 Å². The molecule has 0 aromatic heterocycles. The van der Waals surface area contributed by atoms with Crippen LogP contribution in [0.25, 0.3) is 0 Å². The van der Waals surface area contributed by atoms with Gasteiger partial charge in [-0.05, 0) is 79.4 Å². The molecular weight excluding hydrogens is 421 g/mol. The molecule has 0 spiro atoms. The lowest BCUT2D eigenvalue weighted by Gasteiger charge is -2.59. The van der Waals surface area contributed by atoms with Crippen LogP contribution in [0, 0.1) is 34.5 Å². The van der Waals surface area contributed by atoms with Crippen LogP contribution in [0.3, 0.4) is 0 Å². The highest BCUT2D eigenvalue weighted by atomic mass is 19.3. The Morgan fingerprint density at radius 3 is 2.50 bits per heavy atom. The molecule has 0 heterocycles. The van der Waals surface area contributed by atoms with E-state index in [1.807, 2.05) is 6.92 Å². The van der Waals surface area contributed by atoms with Crippen molar-refractivity contribution in [3.63, 3.8) is 0 Å². The van der Waals surface area contributed by atoms with Crippen LogP contribution in [0.1, 0.15) is 59.3 Å². The average Bonchev–Trinajstić information content (AvgIpc) is 3.34. The van der Waals surface area contributed by atoms with Crippen LogP contribution in [0.4, 0.5) is 13.2 Å². The Kier molecular flexibility index (Phi) is 4.35. The summed E-state index contributed by atoms with van der Waals surface area (Å²) >= 11 is 0. The number of esters is 1.